The number of benzene rings is 1. The molecule has 2 unspecified atom stereocenters. The molecule has 152 valence electrons. The maximum atomic E-state index is 12.9. The van der Waals surface area contributed by atoms with Crippen LogP contribution in [0.25, 0.3) is 0 Å². The molecule has 1 aromatic rings. The van der Waals surface area contributed by atoms with Crippen LogP contribution in [0.5, 0.6) is 0 Å². The molecule has 0 aliphatic heterocycles. The lowest BCUT2D eigenvalue weighted by atomic mass is 10.1. The van der Waals surface area contributed by atoms with Gasteiger partial charge in [0.15, 0.2) is 0 Å². The van der Waals surface area contributed by atoms with E-state index < -0.39 is 66.9 Å². The zero-order valence-corrected chi connectivity index (χ0v) is 14.8. The number of carbonyl (C=O) groups is 5. The van der Waals surface area contributed by atoms with Gasteiger partial charge in [-0.15, -0.1) is 0 Å². The largest absolute Gasteiger partial charge is 0.481 e. The van der Waals surface area contributed by atoms with Crippen LogP contribution in [0.1, 0.15) is 29.6 Å². The molecule has 1 aromatic carbocycles. The van der Waals surface area contributed by atoms with Crippen LogP contribution in [0.3, 0.4) is 0 Å². The van der Waals surface area contributed by atoms with E-state index in [1.807, 2.05) is 0 Å². The van der Waals surface area contributed by atoms with E-state index in [1.54, 1.807) is 0 Å². The molecule has 0 fully saturated rings. The molecule has 0 bridgehead atoms. The molecule has 0 aliphatic carbocycles. The summed E-state index contributed by atoms with van der Waals surface area (Å²) in [6.07, 6.45) is -1.76. The SMILES string of the molecule is CN(C(=O)C(CC(=O)O)NC(=O)c1ccc(F)cc1)C(CCC(=O)O)C(=O)O. The molecule has 10 nitrogen and oxygen atoms in total. The summed E-state index contributed by atoms with van der Waals surface area (Å²) in [4.78, 5) is 58.5. The first-order chi connectivity index (χ1) is 13.0. The molecule has 2 atom stereocenters. The van der Waals surface area contributed by atoms with Gasteiger partial charge in [0, 0.05) is 19.0 Å². The second-order valence-corrected chi connectivity index (χ2v) is 5.87. The summed E-state index contributed by atoms with van der Waals surface area (Å²) < 4.78 is 12.9. The van der Waals surface area contributed by atoms with Crippen molar-refractivity contribution in [2.24, 2.45) is 0 Å². The molecule has 11 heteroatoms. The minimum atomic E-state index is -1.60. The predicted octanol–water partition coefficient (Wildman–Crippen LogP) is 0.175. The van der Waals surface area contributed by atoms with Crippen LogP contribution in [0.15, 0.2) is 24.3 Å². The highest BCUT2D eigenvalue weighted by Gasteiger charge is 2.33. The molecule has 0 saturated heterocycles. The maximum Gasteiger partial charge on any atom is 0.326 e. The van der Waals surface area contributed by atoms with Gasteiger partial charge in [-0.05, 0) is 30.7 Å². The van der Waals surface area contributed by atoms with Crippen LogP contribution in [-0.4, -0.2) is 69.1 Å². The Balaban J connectivity index is 2.99. The third-order valence-corrected chi connectivity index (χ3v) is 3.82. The molecule has 4 N–H and O–H groups in total. The molecular formula is C17H19FN2O8. The number of rotatable bonds is 10. The van der Waals surface area contributed by atoms with E-state index in [0.717, 1.165) is 31.3 Å². The maximum absolute atomic E-state index is 12.9. The van der Waals surface area contributed by atoms with Gasteiger partial charge in [0.05, 0.1) is 6.42 Å². The Bertz CT molecular complexity index is 765. The summed E-state index contributed by atoms with van der Waals surface area (Å²) in [6, 6.07) is 1.13. The molecule has 0 aromatic heterocycles. The van der Waals surface area contributed by atoms with E-state index in [4.69, 9.17) is 10.2 Å². The van der Waals surface area contributed by atoms with Crippen molar-refractivity contribution >= 4 is 29.7 Å². The first-order valence-electron chi connectivity index (χ1n) is 8.02. The number of amides is 2. The van der Waals surface area contributed by atoms with Gasteiger partial charge < -0.3 is 25.5 Å². The molecule has 28 heavy (non-hydrogen) atoms. The van der Waals surface area contributed by atoms with Gasteiger partial charge >= 0.3 is 17.9 Å². The quantitative estimate of drug-likeness (QED) is 0.434. The van der Waals surface area contributed by atoms with E-state index in [1.165, 1.54) is 0 Å². The number of carbonyl (C=O) groups excluding carboxylic acids is 2. The number of halogens is 1. The highest BCUT2D eigenvalue weighted by Crippen LogP contribution is 2.11. The van der Waals surface area contributed by atoms with Gasteiger partial charge in [-0.2, -0.15) is 0 Å². The van der Waals surface area contributed by atoms with Crippen molar-refractivity contribution in [3.05, 3.63) is 35.6 Å². The van der Waals surface area contributed by atoms with Crippen molar-refractivity contribution in [1.29, 1.82) is 0 Å². The number of hydrogen-bond donors (Lipinski definition) is 4. The fourth-order valence-corrected chi connectivity index (χ4v) is 2.36. The Morgan fingerprint density at radius 2 is 1.61 bits per heavy atom. The number of nitrogens with zero attached hydrogens (tertiary/aromatic N) is 1. The van der Waals surface area contributed by atoms with E-state index in [9.17, 15) is 33.5 Å². The monoisotopic (exact) mass is 398 g/mol. The standard InChI is InChI=1S/C17H19FN2O8/c1-20(12(17(27)28)6-7-13(21)22)16(26)11(8-14(23)24)19-15(25)9-2-4-10(18)5-3-9/h2-5,11-12H,6-8H2,1H3,(H,19,25)(H,21,22)(H,23,24)(H,27,28). The highest BCUT2D eigenvalue weighted by atomic mass is 19.1. The van der Waals surface area contributed by atoms with Crippen molar-refractivity contribution in [1.82, 2.24) is 10.2 Å². The Morgan fingerprint density at radius 3 is 2.07 bits per heavy atom. The number of likely N-dealkylation sites (N-methyl/N-ethyl adjacent to an activating group) is 1. The van der Waals surface area contributed by atoms with Crippen LogP contribution >= 0.6 is 0 Å². The van der Waals surface area contributed by atoms with Crippen LogP contribution in [0, 0.1) is 5.82 Å². The van der Waals surface area contributed by atoms with E-state index in [2.05, 4.69) is 5.32 Å². The lowest BCUT2D eigenvalue weighted by Gasteiger charge is -2.28. The third-order valence-electron chi connectivity index (χ3n) is 3.82. The van der Waals surface area contributed by atoms with Gasteiger partial charge in [0.1, 0.15) is 17.9 Å². The van der Waals surface area contributed by atoms with Gasteiger partial charge in [0.25, 0.3) is 5.91 Å². The van der Waals surface area contributed by atoms with Crippen molar-refractivity contribution in [3.63, 3.8) is 0 Å². The van der Waals surface area contributed by atoms with E-state index >= 15 is 0 Å². The molecule has 1 rings (SSSR count). The second-order valence-electron chi connectivity index (χ2n) is 5.87. The van der Waals surface area contributed by atoms with Crippen molar-refractivity contribution < 1.29 is 43.7 Å². The summed E-state index contributed by atoms with van der Waals surface area (Å²) >= 11 is 0. The van der Waals surface area contributed by atoms with Gasteiger partial charge in [0.2, 0.25) is 5.91 Å². The van der Waals surface area contributed by atoms with Crippen molar-refractivity contribution in [3.8, 4) is 0 Å². The Hall–Kier alpha value is -3.50. The average molecular weight is 398 g/mol. The average Bonchev–Trinajstić information content (AvgIpc) is 2.60. The molecular weight excluding hydrogens is 379 g/mol. The van der Waals surface area contributed by atoms with Gasteiger partial charge in [-0.1, -0.05) is 0 Å². The lowest BCUT2D eigenvalue weighted by Crippen LogP contribution is -2.53. The summed E-state index contributed by atoms with van der Waals surface area (Å²) in [7, 11) is 1.07. The van der Waals surface area contributed by atoms with Gasteiger partial charge in [-0.3, -0.25) is 19.2 Å². The molecule has 0 radical (unpaired) electrons. The number of hydrogen-bond acceptors (Lipinski definition) is 5. The zero-order valence-electron chi connectivity index (χ0n) is 14.8. The van der Waals surface area contributed by atoms with Crippen LogP contribution in [-0.2, 0) is 19.2 Å². The van der Waals surface area contributed by atoms with Crippen LogP contribution in [0.4, 0.5) is 4.39 Å². The molecule has 2 amide bonds. The van der Waals surface area contributed by atoms with Gasteiger partial charge in [-0.25, -0.2) is 9.18 Å². The summed E-state index contributed by atoms with van der Waals surface area (Å²) in [6.45, 7) is 0. The second kappa shape index (κ2) is 10.00. The molecule has 0 spiro atoms. The zero-order chi connectivity index (χ0) is 21.4. The number of carboxylic acid groups (broad SMARTS) is 3. The fourth-order valence-electron chi connectivity index (χ4n) is 2.36. The minimum Gasteiger partial charge on any atom is -0.481 e. The molecule has 0 saturated carbocycles. The normalized spacial score (nSPS) is 12.5. The Kier molecular flexibility index (Phi) is 8.05. The first kappa shape index (κ1) is 22.5. The Morgan fingerprint density at radius 1 is 1.04 bits per heavy atom. The molecule has 0 heterocycles. The topological polar surface area (TPSA) is 161 Å². The summed E-state index contributed by atoms with van der Waals surface area (Å²) in [5.41, 5.74) is -0.0343. The number of nitrogens with one attached hydrogen (secondary N) is 1. The number of aliphatic carboxylic acids is 3. The first-order valence-corrected chi connectivity index (χ1v) is 8.02. The molecule has 0 aliphatic rings. The smallest absolute Gasteiger partial charge is 0.326 e. The van der Waals surface area contributed by atoms with Crippen molar-refractivity contribution in [2.45, 2.75) is 31.3 Å². The minimum absolute atomic E-state index is 0.0343. The third kappa shape index (κ3) is 6.67. The highest BCUT2D eigenvalue weighted by molar-refractivity contribution is 5.99. The fraction of sp³-hybridized carbons (Fsp3) is 0.353. The lowest BCUT2D eigenvalue weighted by molar-refractivity contribution is -0.151. The van der Waals surface area contributed by atoms with Crippen LogP contribution in [0.2, 0.25) is 0 Å². The summed E-state index contributed by atoms with van der Waals surface area (Å²) in [5.74, 6) is -6.64. The van der Waals surface area contributed by atoms with Crippen LogP contribution < -0.4 is 5.32 Å². The predicted molar refractivity (Wildman–Crippen MR) is 91.0 cm³/mol. The van der Waals surface area contributed by atoms with Crippen molar-refractivity contribution in [2.75, 3.05) is 7.05 Å². The summed E-state index contributed by atoms with van der Waals surface area (Å²) in [5, 5.41) is 29.1. The number of carboxylic acids is 3. The van der Waals surface area contributed by atoms with E-state index in [0.29, 0.717) is 4.90 Å². The Labute approximate surface area is 158 Å². The van der Waals surface area contributed by atoms with E-state index in [-0.39, 0.29) is 5.56 Å².